The molecule has 83 heavy (non-hydrogen) atoms. The van der Waals surface area contributed by atoms with Crippen molar-refractivity contribution in [2.75, 3.05) is 0 Å². The minimum Gasteiger partial charge on any atom is -0.691 e. The molecule has 5 aromatic carbocycles. The summed E-state index contributed by atoms with van der Waals surface area (Å²) in [6.07, 6.45) is 14.4. The summed E-state index contributed by atoms with van der Waals surface area (Å²) < 4.78 is 70.9. The van der Waals surface area contributed by atoms with E-state index >= 15 is 0 Å². The van der Waals surface area contributed by atoms with Crippen molar-refractivity contribution >= 4 is 90.2 Å². The summed E-state index contributed by atoms with van der Waals surface area (Å²) in [4.78, 5) is 55.6. The number of ketones is 2. The normalized spacial score (nSPS) is 24.9. The van der Waals surface area contributed by atoms with Crippen LogP contribution in [0.2, 0.25) is 0 Å². The number of hydrogen-bond donors (Lipinski definition) is 0. The first-order valence-electron chi connectivity index (χ1n) is 26.3. The maximum atomic E-state index is 13.4. The largest absolute Gasteiger partial charge is 1.00 e. The van der Waals surface area contributed by atoms with Gasteiger partial charge in [-0.25, -0.2) is 9.59 Å². The standard InChI is InChI=1S/C18H17S.C18H15S.2C12H14F2O6S.B.ClH.Na/c2*1-4-10-16(11-5-1)19(17-12-6-2-7-13-17)18-14-8-3-9-15-18;2*13-12(14,21-20-19-17)10(16)18-11-3-6-1-7(4-11)9(15)8(2-6)5-11;;;/h1-8,10-14H,9,15H2;1-15H;2*6-8,17H,1-5H2;;1H;/q2*+1;;;;;+1/p-2. The minimum atomic E-state index is -4.03. The summed E-state index contributed by atoms with van der Waals surface area (Å²) >= 11 is -1.39. The van der Waals surface area contributed by atoms with Gasteiger partial charge in [0.05, 0.1) is 21.8 Å². The molecule has 12 nitrogen and oxygen atoms in total. The van der Waals surface area contributed by atoms with Crippen molar-refractivity contribution in [3.8, 4) is 0 Å². The molecular formula is C60H59BClF4NaO12S4+. The van der Waals surface area contributed by atoms with Crippen molar-refractivity contribution in [3.63, 3.8) is 0 Å². The Labute approximate surface area is 524 Å². The molecule has 8 saturated carbocycles. The number of allylic oxidation sites excluding steroid dienone is 4. The number of halogens is 5. The molecule has 0 aliphatic heterocycles. The van der Waals surface area contributed by atoms with Crippen molar-refractivity contribution < 1.29 is 105 Å². The Morgan fingerprint density at radius 3 is 1.08 bits per heavy atom. The Balaban J connectivity index is 0.000000176. The molecular weight excluding hydrogens is 1190 g/mol. The van der Waals surface area contributed by atoms with Gasteiger partial charge >= 0.3 is 52.0 Å². The van der Waals surface area contributed by atoms with E-state index in [0.717, 1.165) is 32.1 Å². The predicted molar refractivity (Wildman–Crippen MR) is 302 cm³/mol. The molecule has 5 aromatic rings. The first-order valence-corrected chi connectivity index (χ1v) is 30.2. The Morgan fingerprint density at radius 2 is 0.807 bits per heavy atom. The number of alkyl halides is 4. The molecule has 4 unspecified atom stereocenters. The summed E-state index contributed by atoms with van der Waals surface area (Å²) in [5.41, 5.74) is -1.96. The van der Waals surface area contributed by atoms with E-state index in [0.29, 0.717) is 38.5 Å². The van der Waals surface area contributed by atoms with Crippen molar-refractivity contribution in [1.82, 2.24) is 0 Å². The van der Waals surface area contributed by atoms with Gasteiger partial charge in [0.1, 0.15) is 51.8 Å². The predicted octanol–water partition coefficient (Wildman–Crippen LogP) is 9.07. The molecule has 0 amide bonds. The second kappa shape index (κ2) is 31.1. The first kappa shape index (κ1) is 68.2. The van der Waals surface area contributed by atoms with E-state index < -0.39 is 57.7 Å². The number of hydrogen-bond acceptors (Lipinski definition) is 14. The van der Waals surface area contributed by atoms with Gasteiger partial charge in [0.25, 0.3) is 0 Å². The van der Waals surface area contributed by atoms with Gasteiger partial charge < -0.3 is 20.0 Å². The molecule has 9 aliphatic rings. The van der Waals surface area contributed by atoms with Gasteiger partial charge in [-0.2, -0.15) is 26.2 Å². The van der Waals surface area contributed by atoms with Crippen LogP contribution in [0.15, 0.2) is 199 Å². The second-order valence-electron chi connectivity index (χ2n) is 20.9. The van der Waals surface area contributed by atoms with E-state index in [4.69, 9.17) is 9.47 Å². The number of rotatable bonds is 16. The van der Waals surface area contributed by atoms with E-state index in [2.05, 4.69) is 189 Å². The Kier molecular flexibility index (Phi) is 25.6. The monoisotopic (exact) mass is 1240 g/mol. The van der Waals surface area contributed by atoms with Crippen LogP contribution >= 0.6 is 36.5 Å². The summed E-state index contributed by atoms with van der Waals surface area (Å²) in [6.45, 7) is 0. The fourth-order valence-corrected chi connectivity index (χ4v) is 17.5. The second-order valence-corrected chi connectivity index (χ2v) is 26.6. The van der Waals surface area contributed by atoms with Gasteiger partial charge in [-0.15, -0.1) is 12.4 Å². The van der Waals surface area contributed by atoms with Crippen molar-refractivity contribution in [3.05, 3.63) is 175 Å². The van der Waals surface area contributed by atoms with E-state index in [1.807, 2.05) is 0 Å². The maximum absolute atomic E-state index is 13.4. The quantitative estimate of drug-likeness (QED) is 0.0174. The van der Waals surface area contributed by atoms with Gasteiger partial charge in [-0.3, -0.25) is 19.7 Å². The van der Waals surface area contributed by atoms with Crippen LogP contribution in [0.25, 0.3) is 0 Å². The van der Waals surface area contributed by atoms with Crippen LogP contribution in [0.3, 0.4) is 0 Å². The van der Waals surface area contributed by atoms with Gasteiger partial charge in [0.2, 0.25) is 0 Å². The molecule has 433 valence electrons. The number of Topliss-reactive ketones (excluding diaryl/α,β-unsaturated/α-hetero) is 2. The van der Waals surface area contributed by atoms with E-state index in [1.54, 1.807) is 4.91 Å². The average Bonchev–Trinajstić information content (AvgIpc) is 2.53. The number of benzene rings is 5. The molecule has 3 radical (unpaired) electrons. The van der Waals surface area contributed by atoms with Crippen LogP contribution < -0.4 is 40.1 Å². The smallest absolute Gasteiger partial charge is 0.691 e. The minimum absolute atomic E-state index is 0. The number of carbonyl (C=O) groups is 4. The van der Waals surface area contributed by atoms with Crippen LogP contribution in [0.5, 0.6) is 0 Å². The SMILES string of the molecule is C1=CCCC([S+](c2ccccc2)c2ccccc2)=C1.Cl.O=C1C2CC3CC1CC(OC(=O)C(F)(F)SOO[O-])(C3)C2.O=C1C2CC3CC1CC(OC(=O)C(F)(F)SOO[O-])(C3)C2.[B].[Na+].c1ccc([S+](c2ccccc2)c2ccccc2)cc1. The molecule has 8 bridgehead atoms. The summed E-state index contributed by atoms with van der Waals surface area (Å²) in [6, 6.07) is 53.9. The third kappa shape index (κ3) is 17.2. The molecule has 0 heterocycles. The molecule has 8 fully saturated rings. The topological polar surface area (TPSA) is 170 Å². The summed E-state index contributed by atoms with van der Waals surface area (Å²) in [5, 5.41) is 16.7. The number of ether oxygens (including phenoxy) is 2. The van der Waals surface area contributed by atoms with Crippen LogP contribution in [0.1, 0.15) is 77.0 Å². The molecule has 0 aromatic heterocycles. The van der Waals surface area contributed by atoms with Crippen molar-refractivity contribution in [2.24, 2.45) is 35.5 Å². The van der Waals surface area contributed by atoms with Crippen LogP contribution in [-0.2, 0) is 69.2 Å². The molecule has 23 heteroatoms. The fourth-order valence-electron chi connectivity index (χ4n) is 12.7. The summed E-state index contributed by atoms with van der Waals surface area (Å²) in [5.74, 6) is -3.45. The average molecular weight is 1250 g/mol. The van der Waals surface area contributed by atoms with Crippen LogP contribution in [-0.4, -0.2) is 53.6 Å². The fraction of sp³-hybridized carbons (Fsp3) is 0.367. The molecule has 0 saturated heterocycles. The summed E-state index contributed by atoms with van der Waals surface area (Å²) in [7, 11) is 0.0575. The molecule has 9 aliphatic carbocycles. The van der Waals surface area contributed by atoms with Crippen molar-refractivity contribution in [2.45, 2.75) is 123 Å². The molecule has 14 rings (SSSR count). The van der Waals surface area contributed by atoms with Gasteiger partial charge in [-0.05, 0) is 149 Å². The zero-order valence-corrected chi connectivity index (χ0v) is 51.2. The van der Waals surface area contributed by atoms with Gasteiger partial charge in [-0.1, -0.05) is 103 Å². The number of esters is 2. The van der Waals surface area contributed by atoms with E-state index in [1.165, 1.54) is 30.9 Å². The third-order valence-electron chi connectivity index (χ3n) is 15.4. The van der Waals surface area contributed by atoms with Crippen LogP contribution in [0.4, 0.5) is 17.6 Å². The van der Waals surface area contributed by atoms with Crippen molar-refractivity contribution in [1.29, 1.82) is 0 Å². The number of carbonyl (C=O) groups excluding carboxylic acids is 4. The third-order valence-corrected chi connectivity index (χ3v) is 21.0. The van der Waals surface area contributed by atoms with Gasteiger partial charge in [0, 0.05) is 38.5 Å². The maximum Gasteiger partial charge on any atom is 1.00 e. The van der Waals surface area contributed by atoms with E-state index in [9.17, 15) is 47.3 Å². The Bertz CT molecular complexity index is 2720. The van der Waals surface area contributed by atoms with Crippen LogP contribution in [0, 0.1) is 35.5 Å². The molecule has 0 N–H and O–H groups in total. The molecule has 0 spiro atoms. The molecule has 4 atom stereocenters. The van der Waals surface area contributed by atoms with Gasteiger partial charge in [0.15, 0.2) is 24.5 Å². The zero-order chi connectivity index (χ0) is 56.3. The first-order chi connectivity index (χ1) is 38.6. The Hall–Kier alpha value is -3.91. The zero-order valence-electron chi connectivity index (χ0n) is 45.1. The van der Waals surface area contributed by atoms with E-state index in [-0.39, 0.29) is 119 Å². The Morgan fingerprint density at radius 1 is 0.506 bits per heavy atom.